The summed E-state index contributed by atoms with van der Waals surface area (Å²) in [6.45, 7) is 9.44. The molecule has 0 aliphatic carbocycles. The van der Waals surface area contributed by atoms with Crippen LogP contribution in [0, 0.1) is 12.8 Å². The van der Waals surface area contributed by atoms with Crippen molar-refractivity contribution in [1.29, 1.82) is 0 Å². The second-order valence-corrected chi connectivity index (χ2v) is 8.13. The molecular weight excluding hydrogens is 342 g/mol. The van der Waals surface area contributed by atoms with Crippen LogP contribution < -0.4 is 0 Å². The van der Waals surface area contributed by atoms with Gasteiger partial charge in [0.25, 0.3) is 0 Å². The van der Waals surface area contributed by atoms with Crippen LogP contribution in [-0.2, 0) is 20.7 Å². The molecule has 1 aromatic heterocycles. The highest BCUT2D eigenvalue weighted by Crippen LogP contribution is 2.30. The molecule has 2 fully saturated rings. The van der Waals surface area contributed by atoms with E-state index < -0.39 is 0 Å². The van der Waals surface area contributed by atoms with Crippen LogP contribution in [0.4, 0.5) is 0 Å². The zero-order valence-electron chi connectivity index (χ0n) is 16.5. The fourth-order valence-corrected chi connectivity index (χ4v) is 4.35. The van der Waals surface area contributed by atoms with Crippen molar-refractivity contribution in [3.8, 4) is 0 Å². The number of nitrogens with zero attached hydrogens (tertiary/aromatic N) is 1. The maximum Gasteiger partial charge on any atom is 0.227 e. The van der Waals surface area contributed by atoms with Crippen molar-refractivity contribution in [3.63, 3.8) is 0 Å². The molecule has 0 radical (unpaired) electrons. The van der Waals surface area contributed by atoms with Gasteiger partial charge in [-0.3, -0.25) is 4.79 Å². The summed E-state index contributed by atoms with van der Waals surface area (Å²) in [5.74, 6) is 1.03. The summed E-state index contributed by atoms with van der Waals surface area (Å²) in [6.07, 6.45) is 3.96. The number of aryl methyl sites for hydroxylation is 1. The van der Waals surface area contributed by atoms with Crippen molar-refractivity contribution in [2.45, 2.75) is 52.2 Å². The average Bonchev–Trinajstić information content (AvgIpc) is 3.31. The number of carbonyl (C=O) groups excluding carboxylic acids is 1. The zero-order chi connectivity index (χ0) is 19.0. The minimum atomic E-state index is -0.0715. The topological polar surface area (TPSA) is 51.9 Å². The van der Waals surface area contributed by atoms with E-state index in [2.05, 4.69) is 32.9 Å². The van der Waals surface area contributed by atoms with Crippen molar-refractivity contribution in [1.82, 2.24) is 4.90 Å². The normalized spacial score (nSPS) is 19.5. The number of hydrogen-bond donors (Lipinski definition) is 0. The lowest BCUT2D eigenvalue weighted by molar-refractivity contribution is -0.136. The molecule has 0 saturated carbocycles. The summed E-state index contributed by atoms with van der Waals surface area (Å²) in [4.78, 5) is 14.8. The fourth-order valence-electron chi connectivity index (χ4n) is 4.35. The number of fused-ring (bicyclic) bond motifs is 1. The molecule has 2 saturated heterocycles. The van der Waals surface area contributed by atoms with Gasteiger partial charge >= 0.3 is 0 Å². The minimum absolute atomic E-state index is 0.0715. The van der Waals surface area contributed by atoms with Gasteiger partial charge in [0.2, 0.25) is 5.91 Å². The number of furan rings is 1. The number of benzene rings is 1. The van der Waals surface area contributed by atoms with Gasteiger partial charge in [-0.05, 0) is 48.9 Å². The van der Waals surface area contributed by atoms with Gasteiger partial charge in [-0.1, -0.05) is 13.8 Å². The SMILES string of the molecule is Cc1cc2occ(CC(=O)N3CCC(C4OCCO4)CC3)c2cc1C(C)C. The lowest BCUT2D eigenvalue weighted by atomic mass is 9.94. The molecule has 5 nitrogen and oxygen atoms in total. The summed E-state index contributed by atoms with van der Waals surface area (Å²) < 4.78 is 17.0. The Labute approximate surface area is 160 Å². The molecule has 0 unspecified atom stereocenters. The first-order chi connectivity index (χ1) is 13.0. The van der Waals surface area contributed by atoms with Gasteiger partial charge in [-0.15, -0.1) is 0 Å². The number of rotatable bonds is 4. The van der Waals surface area contributed by atoms with E-state index in [-0.39, 0.29) is 12.2 Å². The first-order valence-electron chi connectivity index (χ1n) is 10.0. The first kappa shape index (κ1) is 18.5. The molecule has 2 aliphatic heterocycles. The number of amides is 1. The third-order valence-electron chi connectivity index (χ3n) is 5.93. The van der Waals surface area contributed by atoms with E-state index in [0.717, 1.165) is 42.5 Å². The number of hydrogen-bond acceptors (Lipinski definition) is 4. The number of piperidine rings is 1. The maximum absolute atomic E-state index is 12.8. The molecule has 146 valence electrons. The number of carbonyl (C=O) groups is 1. The van der Waals surface area contributed by atoms with Crippen LogP contribution in [0.1, 0.15) is 49.3 Å². The van der Waals surface area contributed by atoms with Gasteiger partial charge < -0.3 is 18.8 Å². The van der Waals surface area contributed by atoms with Crippen LogP contribution in [0.25, 0.3) is 11.0 Å². The van der Waals surface area contributed by atoms with Gasteiger partial charge in [-0.2, -0.15) is 0 Å². The Bertz CT molecular complexity index is 811. The maximum atomic E-state index is 12.8. The van der Waals surface area contributed by atoms with Crippen LogP contribution in [0.2, 0.25) is 0 Å². The van der Waals surface area contributed by atoms with Crippen molar-refractivity contribution in [2.24, 2.45) is 5.92 Å². The van der Waals surface area contributed by atoms with Crippen LogP contribution in [-0.4, -0.2) is 43.4 Å². The molecule has 3 heterocycles. The van der Waals surface area contributed by atoms with E-state index >= 15 is 0 Å². The van der Waals surface area contributed by atoms with E-state index in [1.807, 2.05) is 4.90 Å². The highest BCUT2D eigenvalue weighted by atomic mass is 16.7. The highest BCUT2D eigenvalue weighted by Gasteiger charge is 2.31. The summed E-state index contributed by atoms with van der Waals surface area (Å²) in [5.41, 5.74) is 4.41. The Kier molecular flexibility index (Phi) is 5.24. The van der Waals surface area contributed by atoms with Crippen molar-refractivity contribution < 1.29 is 18.7 Å². The third kappa shape index (κ3) is 3.76. The average molecular weight is 371 g/mol. The quantitative estimate of drug-likeness (QED) is 0.815. The Morgan fingerprint density at radius 1 is 1.19 bits per heavy atom. The monoisotopic (exact) mass is 371 g/mol. The molecular formula is C22H29NO4. The summed E-state index contributed by atoms with van der Waals surface area (Å²) in [6, 6.07) is 4.29. The molecule has 5 heteroatoms. The van der Waals surface area contributed by atoms with E-state index in [1.54, 1.807) is 6.26 Å². The second-order valence-electron chi connectivity index (χ2n) is 8.13. The number of ether oxygens (including phenoxy) is 2. The van der Waals surface area contributed by atoms with E-state index in [1.165, 1.54) is 11.1 Å². The zero-order valence-corrected chi connectivity index (χ0v) is 16.5. The molecule has 1 aromatic carbocycles. The lowest BCUT2D eigenvalue weighted by Crippen LogP contribution is -2.42. The summed E-state index contributed by atoms with van der Waals surface area (Å²) >= 11 is 0. The summed E-state index contributed by atoms with van der Waals surface area (Å²) in [5, 5.41) is 1.07. The largest absolute Gasteiger partial charge is 0.464 e. The van der Waals surface area contributed by atoms with Crippen molar-refractivity contribution in [3.05, 3.63) is 35.1 Å². The fraction of sp³-hybridized carbons (Fsp3) is 0.591. The molecule has 2 aliphatic rings. The molecule has 0 N–H and O–H groups in total. The predicted molar refractivity (Wildman–Crippen MR) is 104 cm³/mol. The van der Waals surface area contributed by atoms with Gasteiger partial charge in [0.1, 0.15) is 5.58 Å². The molecule has 0 atom stereocenters. The van der Waals surface area contributed by atoms with Gasteiger partial charge in [0.05, 0.1) is 25.9 Å². The van der Waals surface area contributed by atoms with E-state index in [4.69, 9.17) is 13.9 Å². The van der Waals surface area contributed by atoms with Crippen LogP contribution in [0.3, 0.4) is 0 Å². The third-order valence-corrected chi connectivity index (χ3v) is 5.93. The number of likely N-dealkylation sites (tertiary alicyclic amines) is 1. The van der Waals surface area contributed by atoms with Gasteiger partial charge in [0.15, 0.2) is 6.29 Å². The molecule has 0 bridgehead atoms. The standard InChI is InChI=1S/C22H29NO4/c1-14(2)18-12-19-17(13-27-20(19)10-15(18)3)11-21(24)23-6-4-16(5-7-23)22-25-8-9-26-22/h10,12-14,16,22H,4-9,11H2,1-3H3. The molecule has 2 aromatic rings. The Balaban J connectivity index is 1.43. The van der Waals surface area contributed by atoms with Gasteiger partial charge in [-0.25, -0.2) is 0 Å². The smallest absolute Gasteiger partial charge is 0.227 e. The van der Waals surface area contributed by atoms with Crippen LogP contribution >= 0.6 is 0 Å². The predicted octanol–water partition coefficient (Wildman–Crippen LogP) is 4.02. The lowest BCUT2D eigenvalue weighted by Gasteiger charge is -2.33. The Morgan fingerprint density at radius 3 is 2.56 bits per heavy atom. The second kappa shape index (κ2) is 7.64. The first-order valence-corrected chi connectivity index (χ1v) is 10.0. The molecule has 1 amide bonds. The molecule has 4 rings (SSSR count). The Hall–Kier alpha value is -1.85. The van der Waals surface area contributed by atoms with Crippen molar-refractivity contribution >= 4 is 16.9 Å². The van der Waals surface area contributed by atoms with Crippen LogP contribution in [0.5, 0.6) is 0 Å². The van der Waals surface area contributed by atoms with Gasteiger partial charge in [0, 0.05) is 30.0 Å². The summed E-state index contributed by atoms with van der Waals surface area (Å²) in [7, 11) is 0. The van der Waals surface area contributed by atoms with E-state index in [0.29, 0.717) is 31.5 Å². The van der Waals surface area contributed by atoms with Crippen molar-refractivity contribution in [2.75, 3.05) is 26.3 Å². The minimum Gasteiger partial charge on any atom is -0.464 e. The Morgan fingerprint density at radius 2 is 1.89 bits per heavy atom. The van der Waals surface area contributed by atoms with Crippen LogP contribution in [0.15, 0.2) is 22.8 Å². The molecule has 0 spiro atoms. The molecule has 27 heavy (non-hydrogen) atoms. The highest BCUT2D eigenvalue weighted by molar-refractivity contribution is 5.88. The van der Waals surface area contributed by atoms with E-state index in [9.17, 15) is 4.79 Å².